The highest BCUT2D eigenvalue weighted by atomic mass is 32.2. The third kappa shape index (κ3) is 4.74. The van der Waals surface area contributed by atoms with Crippen LogP contribution in [-0.4, -0.2) is 42.7 Å². The van der Waals surface area contributed by atoms with Crippen LogP contribution in [0.3, 0.4) is 0 Å². The maximum Gasteiger partial charge on any atom is 0.254 e. The first kappa shape index (κ1) is 19.6. The van der Waals surface area contributed by atoms with Crippen LogP contribution in [0.15, 0.2) is 53.1 Å². The van der Waals surface area contributed by atoms with E-state index in [9.17, 15) is 13.2 Å². The molecule has 0 saturated heterocycles. The molecule has 8 nitrogen and oxygen atoms in total. The molecule has 146 valence electrons. The molecule has 0 bridgehead atoms. The van der Waals surface area contributed by atoms with Crippen molar-refractivity contribution in [3.63, 3.8) is 0 Å². The maximum absolute atomic E-state index is 12.7. The number of anilines is 1. The van der Waals surface area contributed by atoms with Gasteiger partial charge in [0, 0.05) is 18.2 Å². The molecular weight excluding hydrogens is 380 g/mol. The molecule has 3 rings (SSSR count). The molecule has 1 aromatic heterocycles. The summed E-state index contributed by atoms with van der Waals surface area (Å²) in [5.74, 6) is 0.541. The lowest BCUT2D eigenvalue weighted by Gasteiger charge is -2.16. The Morgan fingerprint density at radius 1 is 1.18 bits per heavy atom. The highest BCUT2D eigenvalue weighted by Gasteiger charge is 2.17. The van der Waals surface area contributed by atoms with Crippen molar-refractivity contribution >= 4 is 21.6 Å². The van der Waals surface area contributed by atoms with Crippen LogP contribution in [0.5, 0.6) is 0 Å². The van der Waals surface area contributed by atoms with E-state index >= 15 is 0 Å². The lowest BCUT2D eigenvalue weighted by molar-refractivity contribution is 0.0769. The zero-order valence-electron chi connectivity index (χ0n) is 15.7. The highest BCUT2D eigenvalue weighted by molar-refractivity contribution is 7.92. The van der Waals surface area contributed by atoms with E-state index in [1.807, 2.05) is 30.3 Å². The number of hydrogen-bond acceptors (Lipinski definition) is 6. The second kappa shape index (κ2) is 7.81. The molecule has 28 heavy (non-hydrogen) atoms. The Labute approximate surface area is 163 Å². The molecular formula is C19H20N4O4S. The molecule has 0 aliphatic heterocycles. The predicted molar refractivity (Wildman–Crippen MR) is 105 cm³/mol. The Bertz CT molecular complexity index is 1090. The summed E-state index contributed by atoms with van der Waals surface area (Å²) in [6.45, 7) is 1.88. The summed E-state index contributed by atoms with van der Waals surface area (Å²) in [5, 5.41) is 3.94. The number of aryl methyl sites for hydroxylation is 1. The first-order chi connectivity index (χ1) is 13.2. The molecule has 1 N–H and O–H groups in total. The summed E-state index contributed by atoms with van der Waals surface area (Å²) in [7, 11) is -1.75. The Balaban J connectivity index is 1.71. The zero-order chi connectivity index (χ0) is 20.3. The van der Waals surface area contributed by atoms with Crippen molar-refractivity contribution in [2.45, 2.75) is 13.5 Å². The Hall–Kier alpha value is -3.20. The summed E-state index contributed by atoms with van der Waals surface area (Å²) in [6, 6.07) is 14.2. The van der Waals surface area contributed by atoms with Crippen molar-refractivity contribution < 1.29 is 17.7 Å². The number of carbonyl (C=O) groups excluding carboxylic acids is 1. The van der Waals surface area contributed by atoms with Gasteiger partial charge in [0.2, 0.25) is 21.7 Å². The molecule has 0 atom stereocenters. The van der Waals surface area contributed by atoms with E-state index in [1.54, 1.807) is 32.2 Å². The van der Waals surface area contributed by atoms with Gasteiger partial charge >= 0.3 is 0 Å². The van der Waals surface area contributed by atoms with E-state index in [-0.39, 0.29) is 12.5 Å². The first-order valence-electron chi connectivity index (χ1n) is 8.45. The van der Waals surface area contributed by atoms with E-state index in [1.165, 1.54) is 4.90 Å². The van der Waals surface area contributed by atoms with Crippen LogP contribution in [0.1, 0.15) is 21.8 Å². The van der Waals surface area contributed by atoms with Crippen molar-refractivity contribution in [3.05, 3.63) is 65.5 Å². The zero-order valence-corrected chi connectivity index (χ0v) is 16.5. The fourth-order valence-corrected chi connectivity index (χ4v) is 3.26. The quantitative estimate of drug-likeness (QED) is 0.682. The average molecular weight is 400 g/mol. The Morgan fingerprint density at radius 2 is 1.89 bits per heavy atom. The number of benzene rings is 2. The molecule has 0 aliphatic rings. The van der Waals surface area contributed by atoms with E-state index in [2.05, 4.69) is 14.9 Å². The van der Waals surface area contributed by atoms with Crippen molar-refractivity contribution in [2.24, 2.45) is 0 Å². The molecule has 0 spiro atoms. The Kier molecular flexibility index (Phi) is 5.46. The third-order valence-corrected chi connectivity index (χ3v) is 4.58. The molecule has 2 aromatic carbocycles. The lowest BCUT2D eigenvalue weighted by Crippen LogP contribution is -2.26. The van der Waals surface area contributed by atoms with Gasteiger partial charge in [0.1, 0.15) is 0 Å². The minimum Gasteiger partial charge on any atom is -0.337 e. The highest BCUT2D eigenvalue weighted by Crippen LogP contribution is 2.20. The van der Waals surface area contributed by atoms with Crippen LogP contribution in [0.25, 0.3) is 11.4 Å². The number of sulfonamides is 1. The normalized spacial score (nSPS) is 11.2. The first-order valence-corrected chi connectivity index (χ1v) is 10.3. The molecule has 9 heteroatoms. The lowest BCUT2D eigenvalue weighted by atomic mass is 10.1. The fraction of sp³-hybridized carbons (Fsp3) is 0.211. The van der Waals surface area contributed by atoms with Crippen LogP contribution in [-0.2, 0) is 16.6 Å². The molecule has 0 aliphatic carbocycles. The number of aromatic nitrogens is 2. The predicted octanol–water partition coefficient (Wildman–Crippen LogP) is 2.69. The maximum atomic E-state index is 12.7. The number of nitrogens with one attached hydrogen (secondary N) is 1. The van der Waals surface area contributed by atoms with E-state index in [0.717, 1.165) is 11.8 Å². The van der Waals surface area contributed by atoms with Crippen molar-refractivity contribution in [3.8, 4) is 11.4 Å². The van der Waals surface area contributed by atoms with Gasteiger partial charge in [-0.2, -0.15) is 4.98 Å². The minimum absolute atomic E-state index is 0.154. The molecule has 1 amide bonds. The van der Waals surface area contributed by atoms with Gasteiger partial charge in [-0.3, -0.25) is 9.52 Å². The van der Waals surface area contributed by atoms with Gasteiger partial charge in [-0.1, -0.05) is 35.5 Å². The number of carbonyl (C=O) groups is 1. The molecule has 0 fully saturated rings. The van der Waals surface area contributed by atoms with E-state index in [4.69, 9.17) is 4.52 Å². The van der Waals surface area contributed by atoms with Gasteiger partial charge in [0.15, 0.2) is 0 Å². The van der Waals surface area contributed by atoms with Crippen LogP contribution in [0, 0.1) is 6.92 Å². The van der Waals surface area contributed by atoms with Gasteiger partial charge in [-0.15, -0.1) is 0 Å². The van der Waals surface area contributed by atoms with E-state index in [0.29, 0.717) is 28.5 Å². The summed E-state index contributed by atoms with van der Waals surface area (Å²) in [6.07, 6.45) is 1.08. The largest absolute Gasteiger partial charge is 0.337 e. The molecule has 0 unspecified atom stereocenters. The minimum atomic E-state index is -3.38. The fourth-order valence-electron chi connectivity index (χ4n) is 2.63. The number of hydrogen-bond donors (Lipinski definition) is 1. The Morgan fingerprint density at radius 3 is 2.54 bits per heavy atom. The van der Waals surface area contributed by atoms with Crippen molar-refractivity contribution in [1.82, 2.24) is 15.0 Å². The number of amides is 1. The third-order valence-electron chi connectivity index (χ3n) is 3.99. The molecule has 0 saturated carbocycles. The van der Waals surface area contributed by atoms with Gasteiger partial charge in [-0.25, -0.2) is 8.42 Å². The topological polar surface area (TPSA) is 105 Å². The van der Waals surface area contributed by atoms with Crippen molar-refractivity contribution in [1.29, 1.82) is 0 Å². The second-order valence-electron chi connectivity index (χ2n) is 6.44. The monoisotopic (exact) mass is 400 g/mol. The van der Waals surface area contributed by atoms with Crippen LogP contribution in [0.4, 0.5) is 5.69 Å². The summed E-state index contributed by atoms with van der Waals surface area (Å²) in [4.78, 5) is 18.5. The molecule has 1 heterocycles. The van der Waals surface area contributed by atoms with Crippen LogP contribution >= 0.6 is 0 Å². The van der Waals surface area contributed by atoms with Crippen LogP contribution in [0.2, 0.25) is 0 Å². The number of nitrogens with zero attached hydrogens (tertiary/aromatic N) is 3. The standard InChI is InChI=1S/C19H20N4O4S/c1-13-11-15(9-10-16(13)22-28(3,25)26)19(24)23(2)12-17-20-18(21-27-17)14-7-5-4-6-8-14/h4-11,22H,12H2,1-3H3. The van der Waals surface area contributed by atoms with Crippen molar-refractivity contribution in [2.75, 3.05) is 18.0 Å². The average Bonchev–Trinajstić information content (AvgIpc) is 3.11. The SMILES string of the molecule is Cc1cc(C(=O)N(C)Cc2nc(-c3ccccc3)no2)ccc1NS(C)(=O)=O. The van der Waals surface area contributed by atoms with E-state index < -0.39 is 10.0 Å². The summed E-state index contributed by atoms with van der Waals surface area (Å²) in [5.41, 5.74) is 2.35. The summed E-state index contributed by atoms with van der Waals surface area (Å²) < 4.78 is 30.4. The van der Waals surface area contributed by atoms with Gasteiger partial charge in [-0.05, 0) is 30.7 Å². The second-order valence-corrected chi connectivity index (χ2v) is 8.19. The van der Waals surface area contributed by atoms with Gasteiger partial charge in [0.25, 0.3) is 5.91 Å². The smallest absolute Gasteiger partial charge is 0.254 e. The van der Waals surface area contributed by atoms with Gasteiger partial charge < -0.3 is 9.42 Å². The molecule has 3 aromatic rings. The number of rotatable bonds is 6. The molecule has 0 radical (unpaired) electrons. The van der Waals surface area contributed by atoms with Crippen LogP contribution < -0.4 is 4.72 Å². The van der Waals surface area contributed by atoms with Gasteiger partial charge in [0.05, 0.1) is 18.5 Å². The summed E-state index contributed by atoms with van der Waals surface area (Å²) >= 11 is 0.